The topological polar surface area (TPSA) is 21.3 Å². The Balaban J connectivity index is 2.74. The third kappa shape index (κ3) is 6.42. The van der Waals surface area contributed by atoms with Crippen molar-refractivity contribution in [1.82, 2.24) is 5.32 Å². The molecule has 0 aliphatic rings. The number of unbranched alkanes of at least 4 members (excludes halogenated alkanes) is 1. The van der Waals surface area contributed by atoms with E-state index in [1.807, 2.05) is 13.1 Å². The van der Waals surface area contributed by atoms with E-state index in [1.165, 1.54) is 19.3 Å². The van der Waals surface area contributed by atoms with Gasteiger partial charge in [-0.3, -0.25) is 0 Å². The first-order valence-electron chi connectivity index (χ1n) is 7.82. The minimum atomic E-state index is -2.78. The number of nitrogens with one attached hydrogen (secondary N) is 1. The lowest BCUT2D eigenvalue weighted by Gasteiger charge is -2.23. The monoisotopic (exact) mass is 299 g/mol. The first-order chi connectivity index (χ1) is 10.1. The number of rotatable bonds is 10. The third-order valence-corrected chi connectivity index (χ3v) is 3.95. The molecule has 0 fully saturated rings. The van der Waals surface area contributed by atoms with Crippen molar-refractivity contribution in [3.8, 4) is 5.75 Å². The molecule has 4 heteroatoms. The summed E-state index contributed by atoms with van der Waals surface area (Å²) in [5.41, 5.74) is 1.01. The lowest BCUT2D eigenvalue weighted by Crippen LogP contribution is -2.20. The highest BCUT2D eigenvalue weighted by atomic mass is 19.3. The molecule has 120 valence electrons. The molecule has 0 bridgehead atoms. The maximum absolute atomic E-state index is 12.3. The number of alkyl halides is 2. The van der Waals surface area contributed by atoms with Crippen molar-refractivity contribution in [3.05, 3.63) is 29.8 Å². The predicted octanol–water partition coefficient (Wildman–Crippen LogP) is 5.16. The van der Waals surface area contributed by atoms with E-state index in [-0.39, 0.29) is 11.8 Å². The van der Waals surface area contributed by atoms with Gasteiger partial charge in [0.25, 0.3) is 0 Å². The van der Waals surface area contributed by atoms with E-state index in [2.05, 4.69) is 23.9 Å². The summed E-state index contributed by atoms with van der Waals surface area (Å²) in [7, 11) is 1.91. The van der Waals surface area contributed by atoms with Crippen LogP contribution in [0.4, 0.5) is 8.78 Å². The van der Waals surface area contributed by atoms with Gasteiger partial charge in [0.1, 0.15) is 5.75 Å². The molecule has 0 aromatic heterocycles. The Morgan fingerprint density at radius 2 is 2.00 bits per heavy atom. The van der Waals surface area contributed by atoms with Crippen molar-refractivity contribution < 1.29 is 13.5 Å². The van der Waals surface area contributed by atoms with Gasteiger partial charge in [-0.15, -0.1) is 0 Å². The van der Waals surface area contributed by atoms with E-state index in [0.717, 1.165) is 18.4 Å². The number of benzene rings is 1. The largest absolute Gasteiger partial charge is 0.435 e. The molecular weight excluding hydrogens is 272 g/mol. The Labute approximate surface area is 126 Å². The van der Waals surface area contributed by atoms with Gasteiger partial charge in [-0.25, -0.2) is 0 Å². The standard InChI is InChI=1S/C17H27F2NO/c1-4-6-8-13(5-2)11-16(20-3)14-9-7-10-15(12-14)21-17(18)19/h7,9-10,12-13,16-17,20H,4-6,8,11H2,1-3H3. The van der Waals surface area contributed by atoms with Crippen LogP contribution in [0.2, 0.25) is 0 Å². The van der Waals surface area contributed by atoms with Crippen molar-refractivity contribution in [2.24, 2.45) is 5.92 Å². The van der Waals surface area contributed by atoms with Crippen LogP contribution < -0.4 is 10.1 Å². The number of hydrogen-bond acceptors (Lipinski definition) is 2. The molecule has 1 N–H and O–H groups in total. The van der Waals surface area contributed by atoms with Crippen LogP contribution in [0.1, 0.15) is 57.6 Å². The highest BCUT2D eigenvalue weighted by Crippen LogP contribution is 2.28. The second-order valence-electron chi connectivity index (χ2n) is 5.44. The van der Waals surface area contributed by atoms with E-state index < -0.39 is 6.61 Å². The van der Waals surface area contributed by atoms with E-state index >= 15 is 0 Å². The molecule has 0 spiro atoms. The molecule has 0 saturated carbocycles. The summed E-state index contributed by atoms with van der Waals surface area (Å²) in [5.74, 6) is 0.881. The molecule has 2 unspecified atom stereocenters. The molecule has 2 nitrogen and oxygen atoms in total. The fourth-order valence-corrected chi connectivity index (χ4v) is 2.64. The number of ether oxygens (including phenoxy) is 1. The predicted molar refractivity (Wildman–Crippen MR) is 82.8 cm³/mol. The van der Waals surface area contributed by atoms with Gasteiger partial charge in [0.2, 0.25) is 0 Å². The molecule has 0 amide bonds. The quantitative estimate of drug-likeness (QED) is 0.644. The molecule has 1 aromatic rings. The zero-order valence-corrected chi connectivity index (χ0v) is 13.2. The summed E-state index contributed by atoms with van der Waals surface area (Å²) in [6.45, 7) is 1.64. The zero-order valence-electron chi connectivity index (χ0n) is 13.2. The normalized spacial score (nSPS) is 14.2. The maximum Gasteiger partial charge on any atom is 0.387 e. The van der Waals surface area contributed by atoms with Gasteiger partial charge in [0.15, 0.2) is 0 Å². The minimum Gasteiger partial charge on any atom is -0.435 e. The second-order valence-corrected chi connectivity index (χ2v) is 5.44. The van der Waals surface area contributed by atoms with E-state index in [9.17, 15) is 8.78 Å². The first kappa shape index (κ1) is 17.9. The fourth-order valence-electron chi connectivity index (χ4n) is 2.64. The minimum absolute atomic E-state index is 0.174. The fraction of sp³-hybridized carbons (Fsp3) is 0.647. The molecule has 2 atom stereocenters. The van der Waals surface area contributed by atoms with Crippen molar-refractivity contribution in [2.75, 3.05) is 7.05 Å². The van der Waals surface area contributed by atoms with Gasteiger partial charge in [-0.1, -0.05) is 51.7 Å². The van der Waals surface area contributed by atoms with Crippen LogP contribution in [0.3, 0.4) is 0 Å². The third-order valence-electron chi connectivity index (χ3n) is 3.95. The summed E-state index contributed by atoms with van der Waals surface area (Å²) in [6, 6.07) is 7.18. The average molecular weight is 299 g/mol. The second kappa shape index (κ2) is 9.72. The van der Waals surface area contributed by atoms with Gasteiger partial charge in [0.05, 0.1) is 0 Å². The molecule has 0 aliphatic heterocycles. The summed E-state index contributed by atoms with van der Waals surface area (Å²) < 4.78 is 29.1. The van der Waals surface area contributed by atoms with Crippen LogP contribution in [0, 0.1) is 5.92 Å². The SMILES string of the molecule is CCCCC(CC)CC(NC)c1cccc(OC(F)F)c1. The molecule has 0 radical (unpaired) electrons. The van der Waals surface area contributed by atoms with Crippen LogP contribution in [0.5, 0.6) is 5.75 Å². The summed E-state index contributed by atoms with van der Waals surface area (Å²) in [5, 5.41) is 3.30. The molecule has 0 aliphatic carbocycles. The van der Waals surface area contributed by atoms with Crippen LogP contribution in [-0.4, -0.2) is 13.7 Å². The Morgan fingerprint density at radius 3 is 2.57 bits per heavy atom. The Hall–Kier alpha value is -1.16. The molecule has 1 rings (SSSR count). The average Bonchev–Trinajstić information content (AvgIpc) is 2.47. The molecule has 21 heavy (non-hydrogen) atoms. The van der Waals surface area contributed by atoms with Crippen molar-refractivity contribution >= 4 is 0 Å². The zero-order chi connectivity index (χ0) is 15.7. The van der Waals surface area contributed by atoms with Crippen LogP contribution in [0.25, 0.3) is 0 Å². The number of hydrogen-bond donors (Lipinski definition) is 1. The summed E-state index contributed by atoms with van der Waals surface area (Å²) >= 11 is 0. The van der Waals surface area contributed by atoms with E-state index in [0.29, 0.717) is 5.92 Å². The van der Waals surface area contributed by atoms with E-state index in [4.69, 9.17) is 0 Å². The molecule has 0 heterocycles. The summed E-state index contributed by atoms with van der Waals surface area (Å²) in [6.07, 6.45) is 5.83. The lowest BCUT2D eigenvalue weighted by atomic mass is 9.89. The van der Waals surface area contributed by atoms with Gasteiger partial charge in [-0.05, 0) is 37.1 Å². The van der Waals surface area contributed by atoms with Crippen molar-refractivity contribution in [3.63, 3.8) is 0 Å². The smallest absolute Gasteiger partial charge is 0.387 e. The Kier molecular flexibility index (Phi) is 8.28. The lowest BCUT2D eigenvalue weighted by molar-refractivity contribution is -0.0499. The van der Waals surface area contributed by atoms with Gasteiger partial charge in [-0.2, -0.15) is 8.78 Å². The van der Waals surface area contributed by atoms with Crippen molar-refractivity contribution in [2.45, 2.75) is 58.6 Å². The Morgan fingerprint density at radius 1 is 1.24 bits per heavy atom. The number of halogens is 2. The molecule has 1 aromatic carbocycles. The van der Waals surface area contributed by atoms with Crippen LogP contribution in [0.15, 0.2) is 24.3 Å². The van der Waals surface area contributed by atoms with Crippen LogP contribution >= 0.6 is 0 Å². The highest BCUT2D eigenvalue weighted by molar-refractivity contribution is 5.30. The molecule has 0 saturated heterocycles. The molecular formula is C17H27F2NO. The first-order valence-corrected chi connectivity index (χ1v) is 7.82. The van der Waals surface area contributed by atoms with Gasteiger partial charge in [0, 0.05) is 6.04 Å². The highest BCUT2D eigenvalue weighted by Gasteiger charge is 2.16. The van der Waals surface area contributed by atoms with Gasteiger partial charge >= 0.3 is 6.61 Å². The van der Waals surface area contributed by atoms with Crippen LogP contribution in [-0.2, 0) is 0 Å². The van der Waals surface area contributed by atoms with Crippen molar-refractivity contribution in [1.29, 1.82) is 0 Å². The summed E-state index contributed by atoms with van der Waals surface area (Å²) in [4.78, 5) is 0. The maximum atomic E-state index is 12.3. The van der Waals surface area contributed by atoms with E-state index in [1.54, 1.807) is 18.2 Å². The van der Waals surface area contributed by atoms with Gasteiger partial charge < -0.3 is 10.1 Å². The Bertz CT molecular complexity index is 398.